The number of hydrogen-bond acceptors (Lipinski definition) is 2. The highest BCUT2D eigenvalue weighted by Crippen LogP contribution is 2.09. The van der Waals surface area contributed by atoms with Crippen molar-refractivity contribution in [3.05, 3.63) is 34.9 Å². The van der Waals surface area contributed by atoms with Crippen LogP contribution in [-0.4, -0.2) is 5.91 Å². The minimum absolute atomic E-state index is 0. The highest BCUT2D eigenvalue weighted by Gasteiger charge is 1.97. The van der Waals surface area contributed by atoms with E-state index in [9.17, 15) is 4.79 Å². The van der Waals surface area contributed by atoms with Gasteiger partial charge in [0.15, 0.2) is 0 Å². The van der Waals surface area contributed by atoms with Gasteiger partial charge in [0.2, 0.25) is 5.91 Å². The molecule has 11 heavy (non-hydrogen) atoms. The van der Waals surface area contributed by atoms with Crippen molar-refractivity contribution in [3.8, 4) is 0 Å². The van der Waals surface area contributed by atoms with Gasteiger partial charge in [-0.15, -0.1) is 0 Å². The summed E-state index contributed by atoms with van der Waals surface area (Å²) in [5, 5.41) is 0.524. The van der Waals surface area contributed by atoms with Crippen molar-refractivity contribution in [2.75, 3.05) is 0 Å². The lowest BCUT2D eigenvalue weighted by atomic mass is 10.2. The van der Waals surface area contributed by atoms with Gasteiger partial charge < -0.3 is 11.9 Å². The number of rotatable bonds is 1. The van der Waals surface area contributed by atoms with Crippen LogP contribution in [0.25, 0.3) is 0 Å². The highest BCUT2D eigenvalue weighted by atomic mass is 35.5. The molecule has 0 spiro atoms. The van der Waals surface area contributed by atoms with Crippen LogP contribution < -0.4 is 11.9 Å². The molecular weight excluding hydrogens is 164 g/mol. The minimum Gasteiger partial charge on any atom is -0.366 e. The quantitative estimate of drug-likeness (QED) is 0.675. The molecule has 1 rings (SSSR count). The summed E-state index contributed by atoms with van der Waals surface area (Å²) in [4.78, 5) is 10.5. The predicted octanol–water partition coefficient (Wildman–Crippen LogP) is 1.60. The number of amides is 1. The minimum atomic E-state index is -0.456. The third-order valence-corrected chi connectivity index (χ3v) is 1.34. The zero-order valence-electron chi connectivity index (χ0n) is 5.88. The highest BCUT2D eigenvalue weighted by molar-refractivity contribution is 6.30. The number of hydrogen-bond donors (Lipinski definition) is 2. The molecule has 0 saturated heterocycles. The van der Waals surface area contributed by atoms with Crippen LogP contribution in [-0.2, 0) is 0 Å². The number of benzene rings is 1. The third-order valence-electron chi connectivity index (χ3n) is 1.11. The van der Waals surface area contributed by atoms with Gasteiger partial charge in [-0.05, 0) is 18.2 Å². The monoisotopic (exact) mass is 172 g/mol. The molecule has 1 aromatic rings. The van der Waals surface area contributed by atoms with Crippen molar-refractivity contribution in [1.82, 2.24) is 6.15 Å². The third kappa shape index (κ3) is 2.57. The summed E-state index contributed by atoms with van der Waals surface area (Å²) in [5.41, 5.74) is 5.42. The SMILES string of the molecule is N.NC(=O)c1cccc(Cl)c1. The van der Waals surface area contributed by atoms with Gasteiger partial charge in [-0.2, -0.15) is 0 Å². The Morgan fingerprint density at radius 1 is 1.45 bits per heavy atom. The first kappa shape index (κ1) is 9.94. The molecule has 0 bridgehead atoms. The van der Waals surface area contributed by atoms with Gasteiger partial charge in [0.05, 0.1) is 0 Å². The number of primary amides is 1. The summed E-state index contributed by atoms with van der Waals surface area (Å²) in [5.74, 6) is -0.456. The zero-order valence-corrected chi connectivity index (χ0v) is 6.64. The summed E-state index contributed by atoms with van der Waals surface area (Å²) < 4.78 is 0. The fourth-order valence-electron chi connectivity index (χ4n) is 0.642. The van der Waals surface area contributed by atoms with E-state index in [2.05, 4.69) is 0 Å². The van der Waals surface area contributed by atoms with E-state index >= 15 is 0 Å². The van der Waals surface area contributed by atoms with E-state index in [0.717, 1.165) is 0 Å². The Balaban J connectivity index is 0.000001000. The first-order valence-corrected chi connectivity index (χ1v) is 3.13. The Kier molecular flexibility index (Phi) is 3.57. The second-order valence-electron chi connectivity index (χ2n) is 1.87. The normalized spacial score (nSPS) is 8.45. The van der Waals surface area contributed by atoms with Crippen LogP contribution in [0.5, 0.6) is 0 Å². The van der Waals surface area contributed by atoms with E-state index in [1.54, 1.807) is 18.2 Å². The van der Waals surface area contributed by atoms with Gasteiger partial charge in [-0.3, -0.25) is 4.79 Å². The van der Waals surface area contributed by atoms with Crippen molar-refractivity contribution < 1.29 is 4.79 Å². The lowest BCUT2D eigenvalue weighted by Crippen LogP contribution is -2.10. The van der Waals surface area contributed by atoms with Gasteiger partial charge in [-0.25, -0.2) is 0 Å². The first-order chi connectivity index (χ1) is 4.70. The lowest BCUT2D eigenvalue weighted by Gasteiger charge is -1.93. The average Bonchev–Trinajstić information content (AvgIpc) is 1.88. The molecule has 0 aliphatic carbocycles. The zero-order chi connectivity index (χ0) is 7.56. The molecule has 0 fully saturated rings. The smallest absolute Gasteiger partial charge is 0.248 e. The number of carbonyl (C=O) groups is 1. The van der Waals surface area contributed by atoms with Crippen LogP contribution in [0.1, 0.15) is 10.4 Å². The molecule has 60 valence electrons. The van der Waals surface area contributed by atoms with Gasteiger partial charge >= 0.3 is 0 Å². The Hall–Kier alpha value is -1.06. The molecule has 3 nitrogen and oxygen atoms in total. The van der Waals surface area contributed by atoms with Crippen molar-refractivity contribution in [3.63, 3.8) is 0 Å². The molecule has 1 amide bonds. The lowest BCUT2D eigenvalue weighted by molar-refractivity contribution is 0.100. The van der Waals surface area contributed by atoms with Crippen molar-refractivity contribution in [2.24, 2.45) is 5.73 Å². The molecular formula is C7H9ClN2O. The largest absolute Gasteiger partial charge is 0.366 e. The summed E-state index contributed by atoms with van der Waals surface area (Å²) >= 11 is 5.58. The fraction of sp³-hybridized carbons (Fsp3) is 0. The second kappa shape index (κ2) is 3.95. The van der Waals surface area contributed by atoms with Gasteiger partial charge in [0.25, 0.3) is 0 Å². The van der Waals surface area contributed by atoms with Crippen LogP contribution >= 0.6 is 11.6 Å². The molecule has 0 aliphatic heterocycles. The van der Waals surface area contributed by atoms with Crippen LogP contribution in [0.15, 0.2) is 24.3 Å². The van der Waals surface area contributed by atoms with Crippen LogP contribution in [0.2, 0.25) is 5.02 Å². The topological polar surface area (TPSA) is 78.1 Å². The van der Waals surface area contributed by atoms with Crippen LogP contribution in [0.4, 0.5) is 0 Å². The Morgan fingerprint density at radius 2 is 2.09 bits per heavy atom. The molecule has 5 N–H and O–H groups in total. The molecule has 4 heteroatoms. The van der Waals surface area contributed by atoms with E-state index in [1.165, 1.54) is 6.07 Å². The van der Waals surface area contributed by atoms with Crippen LogP contribution in [0.3, 0.4) is 0 Å². The Bertz CT molecular complexity index is 262. The second-order valence-corrected chi connectivity index (χ2v) is 2.31. The molecule has 0 radical (unpaired) electrons. The average molecular weight is 173 g/mol. The Morgan fingerprint density at radius 3 is 2.45 bits per heavy atom. The summed E-state index contributed by atoms with van der Waals surface area (Å²) in [6.45, 7) is 0. The van der Waals surface area contributed by atoms with Crippen LogP contribution in [0, 0.1) is 0 Å². The number of nitrogens with two attached hydrogens (primary N) is 1. The maximum absolute atomic E-state index is 10.5. The van der Waals surface area contributed by atoms with Crippen molar-refractivity contribution in [1.29, 1.82) is 0 Å². The summed E-state index contributed by atoms with van der Waals surface area (Å²) in [6.07, 6.45) is 0. The molecule has 0 saturated carbocycles. The fourth-order valence-corrected chi connectivity index (χ4v) is 0.832. The van der Waals surface area contributed by atoms with E-state index in [0.29, 0.717) is 10.6 Å². The summed E-state index contributed by atoms with van der Waals surface area (Å²) in [7, 11) is 0. The van der Waals surface area contributed by atoms with Gasteiger partial charge in [0, 0.05) is 10.6 Å². The van der Waals surface area contributed by atoms with Crippen molar-refractivity contribution >= 4 is 17.5 Å². The Labute approximate surface area is 69.7 Å². The number of halogens is 1. The number of carbonyl (C=O) groups excluding carboxylic acids is 1. The molecule has 0 atom stereocenters. The van der Waals surface area contributed by atoms with Gasteiger partial charge in [-0.1, -0.05) is 17.7 Å². The molecule has 0 unspecified atom stereocenters. The maximum atomic E-state index is 10.5. The first-order valence-electron chi connectivity index (χ1n) is 2.75. The maximum Gasteiger partial charge on any atom is 0.248 e. The molecule has 0 aromatic heterocycles. The van der Waals surface area contributed by atoms with Gasteiger partial charge in [0.1, 0.15) is 0 Å². The van der Waals surface area contributed by atoms with Crippen molar-refractivity contribution in [2.45, 2.75) is 0 Å². The molecule has 0 aliphatic rings. The van der Waals surface area contributed by atoms with E-state index in [-0.39, 0.29) is 6.15 Å². The van der Waals surface area contributed by atoms with E-state index in [4.69, 9.17) is 17.3 Å². The standard InChI is InChI=1S/C7H6ClNO.H3N/c8-6-3-1-2-5(4-6)7(9)10;/h1-4H,(H2,9,10);1H3. The molecule has 1 aromatic carbocycles. The summed E-state index contributed by atoms with van der Waals surface area (Å²) in [6, 6.07) is 6.52. The van der Waals surface area contributed by atoms with E-state index < -0.39 is 5.91 Å². The van der Waals surface area contributed by atoms with E-state index in [1.807, 2.05) is 0 Å². The predicted molar refractivity (Wildman–Crippen MR) is 45.0 cm³/mol. The molecule has 0 heterocycles.